The summed E-state index contributed by atoms with van der Waals surface area (Å²) in [6.07, 6.45) is 3.26. The Morgan fingerprint density at radius 3 is 2.79 bits per heavy atom. The van der Waals surface area contributed by atoms with E-state index in [1.807, 2.05) is 6.92 Å². The molecule has 0 unspecified atom stereocenters. The Balaban J connectivity index is 2.44. The zero-order valence-corrected chi connectivity index (χ0v) is 7.73. The number of nitrogens with one attached hydrogen (secondary N) is 1. The number of aliphatic hydroxyl groups is 1. The van der Waals surface area contributed by atoms with E-state index in [9.17, 15) is 0 Å². The second kappa shape index (κ2) is 3.55. The van der Waals surface area contributed by atoms with E-state index in [4.69, 9.17) is 5.11 Å². The summed E-state index contributed by atoms with van der Waals surface area (Å²) in [6, 6.07) is 1.76. The van der Waals surface area contributed by atoms with Crippen LogP contribution >= 0.6 is 0 Å². The molecule has 0 fully saturated rings. The zero-order valence-electron chi connectivity index (χ0n) is 7.73. The van der Waals surface area contributed by atoms with Gasteiger partial charge >= 0.3 is 0 Å². The third-order valence-corrected chi connectivity index (χ3v) is 1.93. The number of H-pyrrole nitrogens is 1. The standard InChI is InChI=1S/C9H10N4O/c1-6-9(11-3-2-10-6)8-4-7(5-14)12-13-8/h2-4,14H,5H2,1H3,(H,12,13). The highest BCUT2D eigenvalue weighted by atomic mass is 16.3. The molecular weight excluding hydrogens is 180 g/mol. The summed E-state index contributed by atoms with van der Waals surface area (Å²) in [6.45, 7) is 1.82. The molecule has 72 valence electrons. The first kappa shape index (κ1) is 8.83. The number of rotatable bonds is 2. The predicted molar refractivity (Wildman–Crippen MR) is 50.3 cm³/mol. The molecule has 0 atom stereocenters. The summed E-state index contributed by atoms with van der Waals surface area (Å²) in [5.41, 5.74) is 2.94. The molecule has 2 rings (SSSR count). The van der Waals surface area contributed by atoms with Crippen LogP contribution in [0.5, 0.6) is 0 Å². The maximum absolute atomic E-state index is 8.86. The molecular formula is C9H10N4O. The van der Waals surface area contributed by atoms with E-state index < -0.39 is 0 Å². The summed E-state index contributed by atoms with van der Waals surface area (Å²) in [5.74, 6) is 0. The fourth-order valence-corrected chi connectivity index (χ4v) is 1.22. The van der Waals surface area contributed by atoms with Crippen molar-refractivity contribution in [3.63, 3.8) is 0 Å². The first-order valence-corrected chi connectivity index (χ1v) is 4.24. The molecule has 2 aromatic heterocycles. The zero-order chi connectivity index (χ0) is 9.97. The fourth-order valence-electron chi connectivity index (χ4n) is 1.22. The largest absolute Gasteiger partial charge is 0.390 e. The molecule has 14 heavy (non-hydrogen) atoms. The molecule has 5 nitrogen and oxygen atoms in total. The normalized spacial score (nSPS) is 10.4. The van der Waals surface area contributed by atoms with Gasteiger partial charge in [-0.3, -0.25) is 15.1 Å². The summed E-state index contributed by atoms with van der Waals surface area (Å²) in [7, 11) is 0. The molecule has 0 radical (unpaired) electrons. The molecule has 0 amide bonds. The molecule has 0 aliphatic carbocycles. The third kappa shape index (κ3) is 1.49. The molecule has 0 aliphatic rings. The Morgan fingerprint density at radius 1 is 1.36 bits per heavy atom. The Morgan fingerprint density at radius 2 is 2.14 bits per heavy atom. The first-order valence-electron chi connectivity index (χ1n) is 4.24. The Kier molecular flexibility index (Phi) is 2.24. The first-order chi connectivity index (χ1) is 6.81. The molecule has 0 spiro atoms. The van der Waals surface area contributed by atoms with Crippen molar-refractivity contribution in [3.8, 4) is 11.4 Å². The van der Waals surface area contributed by atoms with Gasteiger partial charge in [-0.25, -0.2) is 0 Å². The molecule has 5 heteroatoms. The van der Waals surface area contributed by atoms with Crippen molar-refractivity contribution in [1.29, 1.82) is 0 Å². The lowest BCUT2D eigenvalue weighted by molar-refractivity contribution is 0.276. The van der Waals surface area contributed by atoms with E-state index in [1.165, 1.54) is 0 Å². The SMILES string of the molecule is Cc1nccnc1-c1cc(CO)[nH]n1. The Bertz CT molecular complexity index is 438. The van der Waals surface area contributed by atoms with Crippen molar-refractivity contribution < 1.29 is 5.11 Å². The van der Waals surface area contributed by atoms with Crippen LogP contribution in [-0.4, -0.2) is 25.3 Å². The third-order valence-electron chi connectivity index (χ3n) is 1.93. The van der Waals surface area contributed by atoms with Crippen molar-refractivity contribution in [2.75, 3.05) is 0 Å². The molecule has 0 saturated carbocycles. The number of aromatic amines is 1. The monoisotopic (exact) mass is 190 g/mol. The van der Waals surface area contributed by atoms with Crippen molar-refractivity contribution >= 4 is 0 Å². The number of hydrogen-bond acceptors (Lipinski definition) is 4. The van der Waals surface area contributed by atoms with Gasteiger partial charge in [0.2, 0.25) is 0 Å². The van der Waals surface area contributed by atoms with E-state index >= 15 is 0 Å². The van der Waals surface area contributed by atoms with Crippen LogP contribution < -0.4 is 0 Å². The van der Waals surface area contributed by atoms with Gasteiger partial charge in [0.05, 0.1) is 18.0 Å². The van der Waals surface area contributed by atoms with E-state index in [1.54, 1.807) is 18.5 Å². The lowest BCUT2D eigenvalue weighted by Crippen LogP contribution is -1.90. The Hall–Kier alpha value is -1.75. The molecule has 2 heterocycles. The minimum absolute atomic E-state index is 0.0493. The minimum Gasteiger partial charge on any atom is -0.390 e. The van der Waals surface area contributed by atoms with Gasteiger partial charge in [0, 0.05) is 12.4 Å². The molecule has 0 aliphatic heterocycles. The molecule has 0 aromatic carbocycles. The van der Waals surface area contributed by atoms with E-state index in [-0.39, 0.29) is 6.61 Å². The van der Waals surface area contributed by atoms with Crippen LogP contribution in [0.25, 0.3) is 11.4 Å². The maximum Gasteiger partial charge on any atom is 0.113 e. The van der Waals surface area contributed by atoms with Gasteiger partial charge in [-0.1, -0.05) is 0 Å². The van der Waals surface area contributed by atoms with Gasteiger partial charge in [-0.15, -0.1) is 0 Å². The molecule has 2 N–H and O–H groups in total. The molecule has 0 bridgehead atoms. The van der Waals surface area contributed by atoms with Crippen molar-refractivity contribution in [1.82, 2.24) is 20.2 Å². The van der Waals surface area contributed by atoms with Gasteiger partial charge in [0.15, 0.2) is 0 Å². The van der Waals surface area contributed by atoms with Gasteiger partial charge in [-0.2, -0.15) is 5.10 Å². The van der Waals surface area contributed by atoms with Crippen LogP contribution in [0.4, 0.5) is 0 Å². The summed E-state index contributed by atoms with van der Waals surface area (Å²) >= 11 is 0. The number of aromatic nitrogens is 4. The van der Waals surface area contributed by atoms with Crippen molar-refractivity contribution in [2.24, 2.45) is 0 Å². The van der Waals surface area contributed by atoms with Gasteiger partial charge in [-0.05, 0) is 13.0 Å². The van der Waals surface area contributed by atoms with Crippen LogP contribution in [0.15, 0.2) is 18.5 Å². The number of hydrogen-bond donors (Lipinski definition) is 2. The quantitative estimate of drug-likeness (QED) is 0.729. The highest BCUT2D eigenvalue weighted by Crippen LogP contribution is 2.16. The predicted octanol–water partition coefficient (Wildman–Crippen LogP) is 0.667. The number of nitrogens with zero attached hydrogens (tertiary/aromatic N) is 3. The van der Waals surface area contributed by atoms with E-state index in [0.29, 0.717) is 11.4 Å². The second-order valence-corrected chi connectivity index (χ2v) is 2.93. The van der Waals surface area contributed by atoms with Gasteiger partial charge < -0.3 is 5.11 Å². The molecule has 0 saturated heterocycles. The van der Waals surface area contributed by atoms with Crippen LogP contribution in [-0.2, 0) is 6.61 Å². The summed E-state index contributed by atoms with van der Waals surface area (Å²) in [4.78, 5) is 8.28. The maximum atomic E-state index is 8.86. The minimum atomic E-state index is -0.0493. The summed E-state index contributed by atoms with van der Waals surface area (Å²) < 4.78 is 0. The van der Waals surface area contributed by atoms with Crippen LogP contribution in [0.1, 0.15) is 11.4 Å². The lowest BCUT2D eigenvalue weighted by atomic mass is 10.2. The van der Waals surface area contributed by atoms with E-state index in [2.05, 4.69) is 20.2 Å². The average Bonchev–Trinajstić information content (AvgIpc) is 2.67. The smallest absolute Gasteiger partial charge is 0.113 e. The number of aryl methyl sites for hydroxylation is 1. The topological polar surface area (TPSA) is 74.7 Å². The second-order valence-electron chi connectivity index (χ2n) is 2.93. The van der Waals surface area contributed by atoms with Gasteiger partial charge in [0.1, 0.15) is 11.4 Å². The molecule has 2 aromatic rings. The number of aliphatic hydroxyl groups excluding tert-OH is 1. The lowest BCUT2D eigenvalue weighted by Gasteiger charge is -1.97. The highest BCUT2D eigenvalue weighted by molar-refractivity contribution is 5.56. The van der Waals surface area contributed by atoms with E-state index in [0.717, 1.165) is 11.4 Å². The van der Waals surface area contributed by atoms with Crippen LogP contribution in [0.3, 0.4) is 0 Å². The van der Waals surface area contributed by atoms with Gasteiger partial charge in [0.25, 0.3) is 0 Å². The van der Waals surface area contributed by atoms with Crippen LogP contribution in [0, 0.1) is 6.92 Å². The average molecular weight is 190 g/mol. The van der Waals surface area contributed by atoms with Crippen LogP contribution in [0.2, 0.25) is 0 Å². The summed E-state index contributed by atoms with van der Waals surface area (Å²) in [5, 5.41) is 15.6. The van der Waals surface area contributed by atoms with Crippen molar-refractivity contribution in [3.05, 3.63) is 29.8 Å². The highest BCUT2D eigenvalue weighted by Gasteiger charge is 2.07. The fraction of sp³-hybridized carbons (Fsp3) is 0.222. The Labute approximate surface area is 80.8 Å². The van der Waals surface area contributed by atoms with Crippen molar-refractivity contribution in [2.45, 2.75) is 13.5 Å².